The zero-order valence-corrected chi connectivity index (χ0v) is 16.2. The second-order valence-electron chi connectivity index (χ2n) is 6.13. The van der Waals surface area contributed by atoms with Crippen LogP contribution in [0.2, 0.25) is 0 Å². The summed E-state index contributed by atoms with van der Waals surface area (Å²) in [6.45, 7) is 3.84. The average molecular weight is 383 g/mol. The van der Waals surface area contributed by atoms with Gasteiger partial charge in [0.1, 0.15) is 5.75 Å². The van der Waals surface area contributed by atoms with Crippen molar-refractivity contribution in [1.29, 1.82) is 0 Å². The number of ether oxygens (including phenoxy) is 1. The smallest absolute Gasteiger partial charge is 0.343 e. The van der Waals surface area contributed by atoms with Crippen molar-refractivity contribution >= 4 is 40.5 Å². The van der Waals surface area contributed by atoms with Gasteiger partial charge in [0.15, 0.2) is 0 Å². The standard InChI is InChI=1S/C20H18N2O2S2/c1-12-13(2)22-18-11-15(5-8-17(18)21-12)19(23)24-16-6-3-14(4-7-16)20-25-9-10-26-20/h3-8,11,20H,9-10H2,1-2H3. The van der Waals surface area contributed by atoms with Crippen LogP contribution in [0.4, 0.5) is 0 Å². The quantitative estimate of drug-likeness (QED) is 0.472. The van der Waals surface area contributed by atoms with E-state index in [-0.39, 0.29) is 5.97 Å². The third-order valence-corrected chi connectivity index (χ3v) is 7.40. The molecule has 26 heavy (non-hydrogen) atoms. The van der Waals surface area contributed by atoms with Crippen LogP contribution in [0.15, 0.2) is 42.5 Å². The zero-order valence-electron chi connectivity index (χ0n) is 14.6. The molecule has 4 rings (SSSR count). The number of aromatic nitrogens is 2. The summed E-state index contributed by atoms with van der Waals surface area (Å²) in [5.74, 6) is 2.55. The van der Waals surface area contributed by atoms with Gasteiger partial charge < -0.3 is 4.74 Å². The highest BCUT2D eigenvalue weighted by molar-refractivity contribution is 8.19. The normalized spacial score (nSPS) is 14.7. The molecule has 1 aliphatic rings. The molecule has 1 saturated heterocycles. The summed E-state index contributed by atoms with van der Waals surface area (Å²) >= 11 is 3.92. The molecule has 0 aliphatic carbocycles. The van der Waals surface area contributed by atoms with Crippen molar-refractivity contribution in [3.63, 3.8) is 0 Å². The third-order valence-electron chi connectivity index (χ3n) is 4.30. The van der Waals surface area contributed by atoms with Crippen LogP contribution < -0.4 is 4.74 Å². The van der Waals surface area contributed by atoms with Crippen molar-refractivity contribution in [3.8, 4) is 5.75 Å². The van der Waals surface area contributed by atoms with E-state index in [9.17, 15) is 4.79 Å². The van der Waals surface area contributed by atoms with Crippen LogP contribution in [0.3, 0.4) is 0 Å². The summed E-state index contributed by atoms with van der Waals surface area (Å²) in [6.07, 6.45) is 0. The molecule has 2 heterocycles. The number of nitrogens with zero attached hydrogens (tertiary/aromatic N) is 2. The summed E-state index contributed by atoms with van der Waals surface area (Å²) in [6, 6.07) is 13.1. The topological polar surface area (TPSA) is 52.1 Å². The monoisotopic (exact) mass is 382 g/mol. The summed E-state index contributed by atoms with van der Waals surface area (Å²) in [5, 5.41) is 0. The van der Waals surface area contributed by atoms with Gasteiger partial charge in [-0.25, -0.2) is 14.8 Å². The molecule has 1 aromatic heterocycles. The molecule has 0 spiro atoms. The number of hydrogen-bond donors (Lipinski definition) is 0. The number of hydrogen-bond acceptors (Lipinski definition) is 6. The number of carbonyl (C=O) groups excluding carboxylic acids is 1. The molecule has 2 aromatic carbocycles. The molecular weight excluding hydrogens is 364 g/mol. The predicted octanol–water partition coefficient (Wildman–Crippen LogP) is 4.94. The van der Waals surface area contributed by atoms with E-state index in [4.69, 9.17) is 4.74 Å². The highest BCUT2D eigenvalue weighted by Gasteiger charge is 2.18. The first-order valence-electron chi connectivity index (χ1n) is 8.40. The van der Waals surface area contributed by atoms with E-state index < -0.39 is 0 Å². The van der Waals surface area contributed by atoms with Gasteiger partial charge in [0.2, 0.25) is 0 Å². The van der Waals surface area contributed by atoms with E-state index in [0.29, 0.717) is 21.4 Å². The van der Waals surface area contributed by atoms with E-state index in [1.807, 2.05) is 67.7 Å². The zero-order chi connectivity index (χ0) is 18.1. The first kappa shape index (κ1) is 17.4. The van der Waals surface area contributed by atoms with Crippen molar-refractivity contribution in [2.45, 2.75) is 18.4 Å². The minimum atomic E-state index is -0.385. The lowest BCUT2D eigenvalue weighted by Gasteiger charge is -2.10. The predicted molar refractivity (Wildman–Crippen MR) is 108 cm³/mol. The Hall–Kier alpha value is -2.05. The number of aryl methyl sites for hydroxylation is 2. The fourth-order valence-electron chi connectivity index (χ4n) is 2.77. The van der Waals surface area contributed by atoms with Crippen LogP contribution in [-0.2, 0) is 0 Å². The highest BCUT2D eigenvalue weighted by atomic mass is 32.2. The number of rotatable bonds is 3. The van der Waals surface area contributed by atoms with Crippen LogP contribution >= 0.6 is 23.5 Å². The fraction of sp³-hybridized carbons (Fsp3) is 0.250. The molecule has 0 bridgehead atoms. The lowest BCUT2D eigenvalue weighted by molar-refractivity contribution is 0.0735. The molecular formula is C20H18N2O2S2. The molecule has 6 heteroatoms. The van der Waals surface area contributed by atoms with Crippen molar-refractivity contribution in [3.05, 3.63) is 65.0 Å². The second-order valence-corrected chi connectivity index (χ2v) is 8.85. The van der Waals surface area contributed by atoms with Gasteiger partial charge in [-0.15, -0.1) is 23.5 Å². The Morgan fingerprint density at radius 2 is 1.62 bits per heavy atom. The number of fused-ring (bicyclic) bond motifs is 1. The van der Waals surface area contributed by atoms with Crippen molar-refractivity contribution in [2.24, 2.45) is 0 Å². The van der Waals surface area contributed by atoms with E-state index in [1.54, 1.807) is 12.1 Å². The minimum absolute atomic E-state index is 0.385. The van der Waals surface area contributed by atoms with E-state index in [2.05, 4.69) is 9.97 Å². The van der Waals surface area contributed by atoms with E-state index in [1.165, 1.54) is 17.1 Å². The number of carbonyl (C=O) groups is 1. The van der Waals surface area contributed by atoms with Gasteiger partial charge in [0, 0.05) is 11.5 Å². The van der Waals surface area contributed by atoms with Crippen LogP contribution in [0, 0.1) is 13.8 Å². The highest BCUT2D eigenvalue weighted by Crippen LogP contribution is 2.45. The first-order chi connectivity index (χ1) is 12.6. The molecule has 0 amide bonds. The maximum absolute atomic E-state index is 12.5. The molecule has 1 aliphatic heterocycles. The molecule has 1 fully saturated rings. The van der Waals surface area contributed by atoms with Gasteiger partial charge in [0.25, 0.3) is 0 Å². The Morgan fingerprint density at radius 1 is 0.962 bits per heavy atom. The van der Waals surface area contributed by atoms with Crippen LogP contribution in [-0.4, -0.2) is 27.4 Å². The van der Waals surface area contributed by atoms with Gasteiger partial charge >= 0.3 is 5.97 Å². The van der Waals surface area contributed by atoms with Gasteiger partial charge in [0.05, 0.1) is 32.6 Å². The van der Waals surface area contributed by atoms with Crippen LogP contribution in [0.25, 0.3) is 11.0 Å². The SMILES string of the molecule is Cc1nc2ccc(C(=O)Oc3ccc(C4SCCS4)cc3)cc2nc1C. The Bertz CT molecular complexity index is 967. The Balaban J connectivity index is 1.52. The number of thioether (sulfide) groups is 2. The lowest BCUT2D eigenvalue weighted by Crippen LogP contribution is -2.09. The largest absolute Gasteiger partial charge is 0.423 e. The average Bonchev–Trinajstić information content (AvgIpc) is 3.17. The van der Waals surface area contributed by atoms with Crippen LogP contribution in [0.1, 0.15) is 31.9 Å². The maximum atomic E-state index is 12.5. The molecule has 0 N–H and O–H groups in total. The Labute approximate surface area is 160 Å². The van der Waals surface area contributed by atoms with Crippen molar-refractivity contribution in [1.82, 2.24) is 9.97 Å². The van der Waals surface area contributed by atoms with Gasteiger partial charge in [-0.2, -0.15) is 0 Å². The molecule has 4 nitrogen and oxygen atoms in total. The fourth-order valence-corrected chi connectivity index (χ4v) is 5.63. The lowest BCUT2D eigenvalue weighted by atomic mass is 10.2. The summed E-state index contributed by atoms with van der Waals surface area (Å²) < 4.78 is 6.01. The Morgan fingerprint density at radius 3 is 2.31 bits per heavy atom. The molecule has 0 saturated carbocycles. The molecule has 0 unspecified atom stereocenters. The van der Waals surface area contributed by atoms with Crippen molar-refractivity contribution < 1.29 is 9.53 Å². The summed E-state index contributed by atoms with van der Waals surface area (Å²) in [7, 11) is 0. The molecule has 0 radical (unpaired) electrons. The summed E-state index contributed by atoms with van der Waals surface area (Å²) in [4.78, 5) is 21.5. The summed E-state index contributed by atoms with van der Waals surface area (Å²) in [5.41, 5.74) is 4.98. The molecule has 132 valence electrons. The van der Waals surface area contributed by atoms with Crippen LogP contribution in [0.5, 0.6) is 5.75 Å². The van der Waals surface area contributed by atoms with Gasteiger partial charge in [-0.05, 0) is 49.7 Å². The number of benzene rings is 2. The second kappa shape index (κ2) is 7.29. The molecule has 0 atom stereocenters. The van der Waals surface area contributed by atoms with Gasteiger partial charge in [-0.1, -0.05) is 12.1 Å². The minimum Gasteiger partial charge on any atom is -0.423 e. The maximum Gasteiger partial charge on any atom is 0.343 e. The van der Waals surface area contributed by atoms with E-state index in [0.717, 1.165) is 16.9 Å². The molecule has 3 aromatic rings. The van der Waals surface area contributed by atoms with E-state index >= 15 is 0 Å². The third kappa shape index (κ3) is 3.57. The van der Waals surface area contributed by atoms with Gasteiger partial charge in [-0.3, -0.25) is 0 Å². The van der Waals surface area contributed by atoms with Crippen molar-refractivity contribution in [2.75, 3.05) is 11.5 Å². The first-order valence-corrected chi connectivity index (χ1v) is 10.5. The Kier molecular flexibility index (Phi) is 4.87. The number of esters is 1.